The number of nitrogens with one attached hydrogen (secondary N) is 5. The summed E-state index contributed by atoms with van der Waals surface area (Å²) in [7, 11) is 0. The van der Waals surface area contributed by atoms with E-state index >= 15 is 4.79 Å². The summed E-state index contributed by atoms with van der Waals surface area (Å²) in [6, 6.07) is 28.3. The largest absolute Gasteiger partial charge is 0.361 e. The number of H-pyrrole nitrogens is 4. The first-order valence-corrected chi connectivity index (χ1v) is 17.8. The van der Waals surface area contributed by atoms with Gasteiger partial charge in [0, 0.05) is 74.3 Å². The molecule has 2 aliphatic heterocycles. The van der Waals surface area contributed by atoms with E-state index in [1.165, 1.54) is 0 Å². The zero-order valence-electron chi connectivity index (χ0n) is 28.5. The van der Waals surface area contributed by atoms with Gasteiger partial charge in [0.05, 0.1) is 28.9 Å². The molecule has 2 aromatic carbocycles. The highest BCUT2D eigenvalue weighted by Crippen LogP contribution is 2.26. The van der Waals surface area contributed by atoms with Gasteiger partial charge in [-0.2, -0.15) is 0 Å². The summed E-state index contributed by atoms with van der Waals surface area (Å²) in [5.74, 6) is -0.615. The Balaban J connectivity index is 1.14. The van der Waals surface area contributed by atoms with Gasteiger partial charge in [0.15, 0.2) is 5.78 Å². The molecule has 7 aromatic rings. The molecule has 0 saturated heterocycles. The number of rotatable bonds is 8. The lowest BCUT2D eigenvalue weighted by Gasteiger charge is -2.21. The molecule has 0 spiro atoms. The normalized spacial score (nSPS) is 14.1. The molecule has 2 atom stereocenters. The van der Waals surface area contributed by atoms with Crippen molar-refractivity contribution in [3.05, 3.63) is 143 Å². The summed E-state index contributed by atoms with van der Waals surface area (Å²) < 4.78 is 0. The highest BCUT2D eigenvalue weighted by atomic mass is 16.2. The molecule has 52 heavy (non-hydrogen) atoms. The fourth-order valence-electron chi connectivity index (χ4n) is 7.60. The molecular weight excluding hydrogens is 649 g/mol. The number of benzene rings is 2. The van der Waals surface area contributed by atoms with Crippen molar-refractivity contribution in [3.63, 3.8) is 0 Å². The molecule has 10 nitrogen and oxygen atoms in total. The number of para-hydroxylation sites is 2. The van der Waals surface area contributed by atoms with Gasteiger partial charge in [0.1, 0.15) is 0 Å². The number of aryl methyl sites for hydroxylation is 4. The van der Waals surface area contributed by atoms with Gasteiger partial charge in [-0.25, -0.2) is 0 Å². The van der Waals surface area contributed by atoms with Crippen molar-refractivity contribution >= 4 is 55.6 Å². The lowest BCUT2D eigenvalue weighted by Crippen LogP contribution is -2.50. The minimum Gasteiger partial charge on any atom is -0.361 e. The number of nitrogens with two attached hydrogens (primary N) is 1. The fourth-order valence-corrected chi connectivity index (χ4v) is 7.60. The molecule has 0 aliphatic carbocycles. The Morgan fingerprint density at radius 1 is 0.654 bits per heavy atom. The predicted molar refractivity (Wildman–Crippen MR) is 204 cm³/mol. The second-order valence-corrected chi connectivity index (χ2v) is 13.8. The third-order valence-electron chi connectivity index (χ3n) is 10.2. The molecule has 1 amide bonds. The maximum absolute atomic E-state index is 15.1. The molecule has 10 heteroatoms. The van der Waals surface area contributed by atoms with Crippen LogP contribution in [0.5, 0.6) is 0 Å². The first-order valence-electron chi connectivity index (χ1n) is 17.8. The quantitative estimate of drug-likeness (QED) is 0.103. The van der Waals surface area contributed by atoms with Crippen LogP contribution in [0.1, 0.15) is 44.3 Å². The lowest BCUT2D eigenvalue weighted by molar-refractivity contribution is -0.122. The summed E-state index contributed by atoms with van der Waals surface area (Å²) in [6.45, 7) is 0. The third kappa shape index (κ3) is 6.18. The molecule has 8 bridgehead atoms. The summed E-state index contributed by atoms with van der Waals surface area (Å²) in [5.41, 5.74) is 17.9. The van der Waals surface area contributed by atoms with Gasteiger partial charge in [-0.15, -0.1) is 0 Å². The molecule has 2 aliphatic rings. The second-order valence-electron chi connectivity index (χ2n) is 13.8. The number of hydrogen-bond acceptors (Lipinski definition) is 5. The van der Waals surface area contributed by atoms with E-state index in [9.17, 15) is 4.79 Å². The Morgan fingerprint density at radius 2 is 1.21 bits per heavy atom. The van der Waals surface area contributed by atoms with Crippen LogP contribution in [0.15, 0.2) is 103 Å². The van der Waals surface area contributed by atoms with Gasteiger partial charge in [0.25, 0.3) is 0 Å². The Morgan fingerprint density at radius 3 is 1.88 bits per heavy atom. The SMILES string of the molecule is N[C@@H](Cc1c[nH]c2ccccc12)C(=O)N[C@@H](Cc1c[nH]c2ccccc12)C(=O)c1c2nc(cc3ccc(cc4nc(cc5ccc1[nH]5)CC4)[nH]3)CC2. The van der Waals surface area contributed by atoms with Gasteiger partial charge in [0.2, 0.25) is 5.91 Å². The van der Waals surface area contributed by atoms with E-state index in [0.717, 1.165) is 79.4 Å². The monoisotopic (exact) mass is 686 g/mol. The van der Waals surface area contributed by atoms with Crippen LogP contribution < -0.4 is 11.1 Å². The van der Waals surface area contributed by atoms with Crippen molar-refractivity contribution in [2.45, 2.75) is 50.6 Å². The average Bonchev–Trinajstić information content (AvgIpc) is 4.01. The maximum atomic E-state index is 15.1. The predicted octanol–water partition coefficient (Wildman–Crippen LogP) is 6.33. The van der Waals surface area contributed by atoms with E-state index < -0.39 is 18.0 Å². The molecule has 7 heterocycles. The number of Topliss-reactive ketones (excluding diaryl/α,β-unsaturated/α-hetero) is 1. The Hall–Kier alpha value is -6.26. The number of carbonyl (C=O) groups excluding carboxylic acids is 2. The molecular formula is C42H38N8O2. The van der Waals surface area contributed by atoms with E-state index in [0.29, 0.717) is 36.0 Å². The number of amides is 1. The van der Waals surface area contributed by atoms with Crippen LogP contribution >= 0.6 is 0 Å². The first kappa shape index (κ1) is 31.7. The van der Waals surface area contributed by atoms with Crippen LogP contribution in [-0.2, 0) is 43.3 Å². The van der Waals surface area contributed by atoms with Gasteiger partial charge in [-0.3, -0.25) is 19.6 Å². The van der Waals surface area contributed by atoms with Crippen LogP contribution in [-0.4, -0.2) is 53.7 Å². The molecule has 0 fully saturated rings. The van der Waals surface area contributed by atoms with Crippen LogP contribution in [0.3, 0.4) is 0 Å². The van der Waals surface area contributed by atoms with Crippen molar-refractivity contribution in [1.29, 1.82) is 0 Å². The van der Waals surface area contributed by atoms with E-state index in [1.807, 2.05) is 97.3 Å². The van der Waals surface area contributed by atoms with Crippen molar-refractivity contribution in [1.82, 2.24) is 35.2 Å². The fraction of sp³-hybridized carbons (Fsp3) is 0.190. The number of hydrogen-bond donors (Lipinski definition) is 6. The highest BCUT2D eigenvalue weighted by molar-refractivity contribution is 6.08. The topological polar surface area (TPSA) is 161 Å². The Kier molecular flexibility index (Phi) is 8.01. The summed E-state index contributed by atoms with van der Waals surface area (Å²) in [4.78, 5) is 52.5. The standard InChI is InChI=1S/C42H38N8O2/c43-34(17-24-22-44-35-7-3-1-5-32(24)35)42(52)50-39(18-25-23-45-36-8-4-2-6-33(25)36)41(51)40-37-15-13-30(48-37)20-28-11-9-26(46-28)19-27-10-12-29(47-27)21-31-14-16-38(40)49-31/h1-9,11,14,16,19-23,34,39,44-46,49H,10,12-13,15,17-18,43H2,(H,50,52)/t34-,39-/m0/s1. The molecule has 5 aromatic heterocycles. The van der Waals surface area contributed by atoms with Crippen LogP contribution in [0.4, 0.5) is 0 Å². The minimum atomic E-state index is -0.911. The minimum absolute atomic E-state index is 0.224. The molecule has 0 radical (unpaired) electrons. The van der Waals surface area contributed by atoms with Crippen LogP contribution in [0, 0.1) is 0 Å². The maximum Gasteiger partial charge on any atom is 0.237 e. The van der Waals surface area contributed by atoms with Crippen LogP contribution in [0.2, 0.25) is 0 Å². The van der Waals surface area contributed by atoms with E-state index in [-0.39, 0.29) is 12.2 Å². The van der Waals surface area contributed by atoms with E-state index in [1.54, 1.807) is 0 Å². The molecule has 0 unspecified atom stereocenters. The van der Waals surface area contributed by atoms with Gasteiger partial charge >= 0.3 is 0 Å². The van der Waals surface area contributed by atoms with Crippen LogP contribution in [0.25, 0.3) is 43.9 Å². The van der Waals surface area contributed by atoms with E-state index in [2.05, 4.69) is 31.3 Å². The zero-order chi connectivity index (χ0) is 35.2. The summed E-state index contributed by atoms with van der Waals surface area (Å²) in [6.07, 6.45) is 7.35. The number of ketones is 1. The zero-order valence-corrected chi connectivity index (χ0v) is 28.5. The smallest absolute Gasteiger partial charge is 0.237 e. The van der Waals surface area contributed by atoms with Gasteiger partial charge in [-0.1, -0.05) is 36.4 Å². The summed E-state index contributed by atoms with van der Waals surface area (Å²) >= 11 is 0. The Bertz CT molecular complexity index is 2660. The van der Waals surface area contributed by atoms with E-state index in [4.69, 9.17) is 15.7 Å². The Labute approximate surface area is 298 Å². The van der Waals surface area contributed by atoms with Crippen molar-refractivity contribution in [2.75, 3.05) is 0 Å². The first-order chi connectivity index (χ1) is 25.4. The second kappa shape index (κ2) is 13.1. The molecule has 9 rings (SSSR count). The molecule has 7 N–H and O–H groups in total. The molecule has 0 saturated carbocycles. The number of carbonyl (C=O) groups is 2. The highest BCUT2D eigenvalue weighted by Gasteiger charge is 2.30. The van der Waals surface area contributed by atoms with Gasteiger partial charge < -0.3 is 31.0 Å². The van der Waals surface area contributed by atoms with Gasteiger partial charge in [-0.05, 0) is 97.8 Å². The number of aromatic amines is 4. The molecule has 258 valence electrons. The average molecular weight is 687 g/mol. The summed E-state index contributed by atoms with van der Waals surface area (Å²) in [5, 5.41) is 5.12. The number of aromatic nitrogens is 6. The van der Waals surface area contributed by atoms with Crippen molar-refractivity contribution < 1.29 is 9.59 Å². The number of fused-ring (bicyclic) bond motifs is 10. The lowest BCUT2D eigenvalue weighted by atomic mass is 9.94. The van der Waals surface area contributed by atoms with Crippen molar-refractivity contribution in [2.24, 2.45) is 5.73 Å². The van der Waals surface area contributed by atoms with Crippen molar-refractivity contribution in [3.8, 4) is 0 Å². The third-order valence-corrected chi connectivity index (χ3v) is 10.2. The number of nitrogens with zero attached hydrogens (tertiary/aromatic N) is 2.